The van der Waals surface area contributed by atoms with Crippen LogP contribution in [0.15, 0.2) is 18.2 Å². The molecule has 5 nitrogen and oxygen atoms in total. The molecular weight excluding hydrogens is 282 g/mol. The minimum absolute atomic E-state index is 0.0774. The highest BCUT2D eigenvalue weighted by Gasteiger charge is 2.16. The van der Waals surface area contributed by atoms with Crippen molar-refractivity contribution >= 4 is 17.5 Å². The van der Waals surface area contributed by atoms with Crippen molar-refractivity contribution < 1.29 is 19.4 Å². The Balaban J connectivity index is 1.83. The molecule has 0 atom stereocenters. The van der Waals surface area contributed by atoms with Crippen LogP contribution in [0.4, 0.5) is 0 Å². The number of hydrogen-bond acceptors (Lipinski definition) is 4. The van der Waals surface area contributed by atoms with Crippen molar-refractivity contribution in [1.29, 1.82) is 0 Å². The number of aliphatic hydroxyl groups is 1. The van der Waals surface area contributed by atoms with Gasteiger partial charge >= 0.3 is 0 Å². The van der Waals surface area contributed by atoms with Crippen LogP contribution in [-0.2, 0) is 16.1 Å². The first-order valence-electron chi connectivity index (χ1n) is 6.58. The van der Waals surface area contributed by atoms with E-state index in [2.05, 4.69) is 5.32 Å². The topological polar surface area (TPSA) is 67.8 Å². The van der Waals surface area contributed by atoms with Crippen LogP contribution >= 0.6 is 11.6 Å². The van der Waals surface area contributed by atoms with Gasteiger partial charge in [0.2, 0.25) is 0 Å². The third-order valence-electron chi connectivity index (χ3n) is 3.14. The van der Waals surface area contributed by atoms with Crippen LogP contribution in [0.5, 0.6) is 5.75 Å². The molecular formula is C14H18ClNO4. The minimum atomic E-state index is -0.183. The standard InChI is InChI=1S/C14H18ClNO4/c15-11-1-2-13(10(7-11)8-17)20-9-14(18)16-12-3-5-19-6-4-12/h1-2,7,12,17H,3-6,8-9H2,(H,16,18). The Labute approximate surface area is 122 Å². The number of nitrogens with one attached hydrogen (secondary N) is 1. The second kappa shape index (κ2) is 7.47. The van der Waals surface area contributed by atoms with Crippen molar-refractivity contribution in [2.45, 2.75) is 25.5 Å². The van der Waals surface area contributed by atoms with Gasteiger partial charge < -0.3 is 19.9 Å². The Morgan fingerprint density at radius 3 is 2.90 bits per heavy atom. The molecule has 0 radical (unpaired) electrons. The second-order valence-corrected chi connectivity index (χ2v) is 5.09. The third kappa shape index (κ3) is 4.37. The molecule has 0 unspecified atom stereocenters. The number of rotatable bonds is 5. The van der Waals surface area contributed by atoms with Crippen molar-refractivity contribution in [2.24, 2.45) is 0 Å². The number of amides is 1. The van der Waals surface area contributed by atoms with E-state index in [0.29, 0.717) is 29.5 Å². The lowest BCUT2D eigenvalue weighted by Crippen LogP contribution is -2.41. The predicted octanol–water partition coefficient (Wildman–Crippen LogP) is 1.51. The smallest absolute Gasteiger partial charge is 0.258 e. The average molecular weight is 300 g/mol. The van der Waals surface area contributed by atoms with Crippen LogP contribution in [0.2, 0.25) is 5.02 Å². The van der Waals surface area contributed by atoms with E-state index in [0.717, 1.165) is 12.8 Å². The Morgan fingerprint density at radius 1 is 1.45 bits per heavy atom. The van der Waals surface area contributed by atoms with Crippen molar-refractivity contribution in [1.82, 2.24) is 5.32 Å². The molecule has 0 aromatic heterocycles. The second-order valence-electron chi connectivity index (χ2n) is 4.65. The van der Waals surface area contributed by atoms with Gasteiger partial charge in [0, 0.05) is 29.8 Å². The molecule has 0 aliphatic carbocycles. The van der Waals surface area contributed by atoms with Crippen LogP contribution in [0.1, 0.15) is 18.4 Å². The van der Waals surface area contributed by atoms with Crippen LogP contribution in [0.25, 0.3) is 0 Å². The average Bonchev–Trinajstić information content (AvgIpc) is 2.47. The maximum Gasteiger partial charge on any atom is 0.258 e. The monoisotopic (exact) mass is 299 g/mol. The number of hydrogen-bond donors (Lipinski definition) is 2. The summed E-state index contributed by atoms with van der Waals surface area (Å²) in [5.74, 6) is 0.301. The summed E-state index contributed by atoms with van der Waals surface area (Å²) >= 11 is 5.83. The van der Waals surface area contributed by atoms with Gasteiger partial charge in [-0.1, -0.05) is 11.6 Å². The molecule has 1 fully saturated rings. The molecule has 1 aromatic rings. The van der Waals surface area contributed by atoms with E-state index in [1.165, 1.54) is 0 Å². The zero-order valence-corrected chi connectivity index (χ0v) is 11.9. The minimum Gasteiger partial charge on any atom is -0.483 e. The predicted molar refractivity (Wildman–Crippen MR) is 74.9 cm³/mol. The molecule has 0 bridgehead atoms. The van der Waals surface area contributed by atoms with Crippen molar-refractivity contribution in [3.05, 3.63) is 28.8 Å². The maximum atomic E-state index is 11.8. The molecule has 0 saturated carbocycles. The number of carbonyl (C=O) groups is 1. The van der Waals surface area contributed by atoms with E-state index < -0.39 is 0 Å². The van der Waals surface area contributed by atoms with E-state index >= 15 is 0 Å². The Bertz CT molecular complexity index is 460. The zero-order chi connectivity index (χ0) is 14.4. The van der Waals surface area contributed by atoms with Gasteiger partial charge in [0.15, 0.2) is 6.61 Å². The van der Waals surface area contributed by atoms with Crippen molar-refractivity contribution in [3.8, 4) is 5.75 Å². The molecule has 2 rings (SSSR count). The van der Waals surface area contributed by atoms with Crippen LogP contribution in [0.3, 0.4) is 0 Å². The summed E-state index contributed by atoms with van der Waals surface area (Å²) in [4.78, 5) is 11.8. The van der Waals surface area contributed by atoms with Gasteiger partial charge in [0.05, 0.1) is 6.61 Å². The van der Waals surface area contributed by atoms with Crippen LogP contribution in [0, 0.1) is 0 Å². The zero-order valence-electron chi connectivity index (χ0n) is 11.1. The number of aliphatic hydroxyl groups excluding tert-OH is 1. The Hall–Kier alpha value is -1.30. The number of carbonyl (C=O) groups excluding carboxylic acids is 1. The first kappa shape index (κ1) is 15.1. The van der Waals surface area contributed by atoms with E-state index in [1.807, 2.05) is 0 Å². The summed E-state index contributed by atoms with van der Waals surface area (Å²) in [7, 11) is 0. The van der Waals surface area contributed by atoms with Gasteiger partial charge in [-0.15, -0.1) is 0 Å². The highest BCUT2D eigenvalue weighted by Crippen LogP contribution is 2.22. The molecule has 1 heterocycles. The normalized spacial score (nSPS) is 15.9. The SMILES string of the molecule is O=C(COc1ccc(Cl)cc1CO)NC1CCOCC1. The summed E-state index contributed by atoms with van der Waals surface area (Å²) in [5.41, 5.74) is 0.566. The summed E-state index contributed by atoms with van der Waals surface area (Å²) in [6.07, 6.45) is 1.66. The Kier molecular flexibility index (Phi) is 5.64. The first-order chi connectivity index (χ1) is 9.69. The van der Waals surface area contributed by atoms with Crippen molar-refractivity contribution in [2.75, 3.05) is 19.8 Å². The summed E-state index contributed by atoms with van der Waals surface area (Å²) in [5, 5.41) is 12.6. The molecule has 1 aliphatic heterocycles. The van der Waals surface area contributed by atoms with Crippen LogP contribution in [-0.4, -0.2) is 36.9 Å². The molecule has 6 heteroatoms. The fraction of sp³-hybridized carbons (Fsp3) is 0.500. The van der Waals surface area contributed by atoms with E-state index in [1.54, 1.807) is 18.2 Å². The van der Waals surface area contributed by atoms with Gasteiger partial charge in [-0.2, -0.15) is 0 Å². The maximum absolute atomic E-state index is 11.8. The van der Waals surface area contributed by atoms with Gasteiger partial charge in [-0.3, -0.25) is 4.79 Å². The van der Waals surface area contributed by atoms with Gasteiger partial charge in [0.25, 0.3) is 5.91 Å². The molecule has 110 valence electrons. The van der Waals surface area contributed by atoms with Gasteiger partial charge in [0.1, 0.15) is 5.75 Å². The quantitative estimate of drug-likeness (QED) is 0.865. The lowest BCUT2D eigenvalue weighted by atomic mass is 10.1. The molecule has 20 heavy (non-hydrogen) atoms. The molecule has 2 N–H and O–H groups in total. The molecule has 1 aromatic carbocycles. The van der Waals surface area contributed by atoms with E-state index in [4.69, 9.17) is 21.1 Å². The number of ether oxygens (including phenoxy) is 2. The fourth-order valence-corrected chi connectivity index (χ4v) is 2.26. The summed E-state index contributed by atoms with van der Waals surface area (Å²) in [6.45, 7) is 1.10. The van der Waals surface area contributed by atoms with E-state index in [-0.39, 0.29) is 25.2 Å². The molecule has 0 spiro atoms. The Morgan fingerprint density at radius 2 is 2.20 bits per heavy atom. The van der Waals surface area contributed by atoms with Gasteiger partial charge in [-0.25, -0.2) is 0 Å². The van der Waals surface area contributed by atoms with Crippen molar-refractivity contribution in [3.63, 3.8) is 0 Å². The largest absolute Gasteiger partial charge is 0.483 e. The lowest BCUT2D eigenvalue weighted by molar-refractivity contribution is -0.124. The summed E-state index contributed by atoms with van der Waals surface area (Å²) in [6, 6.07) is 5.08. The lowest BCUT2D eigenvalue weighted by Gasteiger charge is -2.23. The molecule has 1 amide bonds. The fourth-order valence-electron chi connectivity index (χ4n) is 2.07. The number of benzene rings is 1. The van der Waals surface area contributed by atoms with E-state index in [9.17, 15) is 9.90 Å². The highest BCUT2D eigenvalue weighted by molar-refractivity contribution is 6.30. The van der Waals surface area contributed by atoms with Gasteiger partial charge in [-0.05, 0) is 31.0 Å². The molecule has 1 aliphatic rings. The first-order valence-corrected chi connectivity index (χ1v) is 6.96. The van der Waals surface area contributed by atoms with Crippen LogP contribution < -0.4 is 10.1 Å². The number of halogens is 1. The third-order valence-corrected chi connectivity index (χ3v) is 3.37. The highest BCUT2D eigenvalue weighted by atomic mass is 35.5. The molecule has 1 saturated heterocycles. The summed E-state index contributed by atoms with van der Waals surface area (Å²) < 4.78 is 10.7.